The summed E-state index contributed by atoms with van der Waals surface area (Å²) in [6.45, 7) is 0. The van der Waals surface area contributed by atoms with Crippen molar-refractivity contribution in [3.05, 3.63) is 41.1 Å². The van der Waals surface area contributed by atoms with E-state index in [1.54, 1.807) is 19.4 Å². The van der Waals surface area contributed by atoms with Crippen molar-refractivity contribution in [3.63, 3.8) is 0 Å². The number of hydrogen-bond acceptors (Lipinski definition) is 6. The molecule has 3 aromatic rings. The first-order chi connectivity index (χ1) is 11.1. The number of pyridine rings is 1. The molecule has 0 radical (unpaired) electrons. The Bertz CT molecular complexity index is 1010. The van der Waals surface area contributed by atoms with Crippen LogP contribution >= 0.6 is 24.0 Å². The van der Waals surface area contributed by atoms with Crippen molar-refractivity contribution < 1.29 is 13.9 Å². The van der Waals surface area contributed by atoms with Crippen LogP contribution in [0.3, 0.4) is 0 Å². The molecule has 0 unspecified atom stereocenters. The fourth-order valence-electron chi connectivity index (χ4n) is 2.43. The Morgan fingerprint density at radius 2 is 2.26 bits per heavy atom. The van der Waals surface area contributed by atoms with Crippen LogP contribution in [0.5, 0.6) is 5.75 Å². The van der Waals surface area contributed by atoms with Crippen molar-refractivity contribution in [1.82, 2.24) is 10.3 Å². The van der Waals surface area contributed by atoms with E-state index < -0.39 is 0 Å². The van der Waals surface area contributed by atoms with Crippen LogP contribution in [-0.4, -0.2) is 22.3 Å². The van der Waals surface area contributed by atoms with Crippen LogP contribution in [0.25, 0.3) is 27.9 Å². The average Bonchev–Trinajstić information content (AvgIpc) is 3.09. The number of thioether (sulfide) groups is 1. The molecule has 1 aliphatic heterocycles. The lowest BCUT2D eigenvalue weighted by atomic mass is 10.1. The van der Waals surface area contributed by atoms with E-state index in [2.05, 4.69) is 10.3 Å². The molecule has 0 saturated carbocycles. The zero-order valence-corrected chi connectivity index (χ0v) is 13.6. The lowest BCUT2D eigenvalue weighted by Crippen LogP contribution is -2.17. The summed E-state index contributed by atoms with van der Waals surface area (Å²) in [6, 6.07) is 7.49. The van der Waals surface area contributed by atoms with Gasteiger partial charge in [0.2, 0.25) is 0 Å². The van der Waals surface area contributed by atoms with Crippen molar-refractivity contribution in [2.75, 3.05) is 7.11 Å². The minimum Gasteiger partial charge on any atom is -0.497 e. The van der Waals surface area contributed by atoms with Gasteiger partial charge in [0.25, 0.3) is 5.91 Å². The summed E-state index contributed by atoms with van der Waals surface area (Å²) in [7, 11) is 1.62. The van der Waals surface area contributed by atoms with Gasteiger partial charge in [-0.15, -0.1) is 0 Å². The summed E-state index contributed by atoms with van der Waals surface area (Å²) in [6.07, 6.45) is 3.43. The number of fused-ring (bicyclic) bond motifs is 3. The zero-order chi connectivity index (χ0) is 16.0. The smallest absolute Gasteiger partial charge is 0.263 e. The number of methoxy groups -OCH3 is 1. The van der Waals surface area contributed by atoms with E-state index in [1.807, 2.05) is 24.3 Å². The third kappa shape index (κ3) is 2.47. The molecule has 1 aromatic carbocycles. The van der Waals surface area contributed by atoms with E-state index in [-0.39, 0.29) is 5.91 Å². The highest BCUT2D eigenvalue weighted by atomic mass is 32.2. The maximum absolute atomic E-state index is 11.7. The predicted octanol–water partition coefficient (Wildman–Crippen LogP) is 3.48. The molecule has 1 amide bonds. The number of aromatic nitrogens is 1. The summed E-state index contributed by atoms with van der Waals surface area (Å²) >= 11 is 6.21. The second kappa shape index (κ2) is 5.36. The number of benzene rings is 1. The molecule has 0 aliphatic carbocycles. The molecule has 5 nitrogen and oxygen atoms in total. The molecule has 1 aliphatic rings. The summed E-state index contributed by atoms with van der Waals surface area (Å²) in [5.74, 6) is 1.13. The fourth-order valence-corrected chi connectivity index (χ4v) is 3.45. The van der Waals surface area contributed by atoms with Crippen molar-refractivity contribution >= 4 is 62.2 Å². The molecule has 1 saturated heterocycles. The third-order valence-corrected chi connectivity index (χ3v) is 4.65. The van der Waals surface area contributed by atoms with Gasteiger partial charge in [0.1, 0.15) is 21.4 Å². The Balaban J connectivity index is 1.84. The number of thiocarbonyl (C=S) groups is 1. The first-order valence-corrected chi connectivity index (χ1v) is 7.98. The van der Waals surface area contributed by atoms with E-state index in [0.717, 1.165) is 27.6 Å². The largest absolute Gasteiger partial charge is 0.497 e. The number of carbonyl (C=O) groups excluding carboxylic acids is 1. The van der Waals surface area contributed by atoms with Crippen molar-refractivity contribution in [2.24, 2.45) is 0 Å². The van der Waals surface area contributed by atoms with Gasteiger partial charge < -0.3 is 14.5 Å². The average molecular weight is 342 g/mol. The van der Waals surface area contributed by atoms with Gasteiger partial charge in [0.05, 0.1) is 17.5 Å². The van der Waals surface area contributed by atoms with Gasteiger partial charge in [-0.25, -0.2) is 0 Å². The molecule has 23 heavy (non-hydrogen) atoms. The highest BCUT2D eigenvalue weighted by molar-refractivity contribution is 8.26. The van der Waals surface area contributed by atoms with E-state index in [9.17, 15) is 4.79 Å². The second-order valence-corrected chi connectivity index (χ2v) is 6.65. The highest BCUT2D eigenvalue weighted by Crippen LogP contribution is 2.31. The maximum atomic E-state index is 11.7. The molecular formula is C16H10N2O3S2. The van der Waals surface area contributed by atoms with Crippen molar-refractivity contribution in [3.8, 4) is 5.75 Å². The summed E-state index contributed by atoms with van der Waals surface area (Å²) in [4.78, 5) is 16.7. The molecule has 0 atom stereocenters. The Hall–Kier alpha value is -2.38. The van der Waals surface area contributed by atoms with Crippen molar-refractivity contribution in [1.29, 1.82) is 0 Å². The number of furan rings is 1. The Labute approximate surface area is 140 Å². The molecule has 114 valence electrons. The molecule has 1 N–H and O–H groups in total. The lowest BCUT2D eigenvalue weighted by molar-refractivity contribution is -0.115. The van der Waals surface area contributed by atoms with Crippen LogP contribution in [0.1, 0.15) is 5.76 Å². The monoisotopic (exact) mass is 342 g/mol. The molecule has 1 fully saturated rings. The van der Waals surface area contributed by atoms with Gasteiger partial charge in [-0.1, -0.05) is 24.0 Å². The molecule has 4 rings (SSSR count). The summed E-state index contributed by atoms with van der Waals surface area (Å²) in [5.41, 5.74) is 1.52. The van der Waals surface area contributed by atoms with Crippen LogP contribution < -0.4 is 10.1 Å². The summed E-state index contributed by atoms with van der Waals surface area (Å²) < 4.78 is 11.6. The van der Waals surface area contributed by atoms with Gasteiger partial charge in [-0.2, -0.15) is 0 Å². The normalized spacial score (nSPS) is 16.5. The van der Waals surface area contributed by atoms with Crippen molar-refractivity contribution in [2.45, 2.75) is 0 Å². The highest BCUT2D eigenvalue weighted by Gasteiger charge is 2.22. The molecule has 2 aromatic heterocycles. The summed E-state index contributed by atoms with van der Waals surface area (Å²) in [5, 5.41) is 4.35. The number of nitrogens with zero attached hydrogens (tertiary/aromatic N) is 1. The Morgan fingerprint density at radius 3 is 3.00 bits per heavy atom. The number of nitrogens with one attached hydrogen (secondary N) is 1. The first-order valence-electron chi connectivity index (χ1n) is 6.75. The second-order valence-electron chi connectivity index (χ2n) is 4.93. The number of rotatable bonds is 2. The standard InChI is InChI=1S/C16H10N2O3S2/c1-20-9-2-3-11-12(5-9)17-7-8-4-10(21-14(8)11)6-13-15(19)18-16(22)23-13/h2-7H,1H3,(H,18,19,22)/b13-6-. The SMILES string of the molecule is COc1ccc2c(c1)ncc1cc(/C=C3\SC(=S)NC3=O)oc12. The van der Waals surface area contributed by atoms with Crippen LogP contribution in [0, 0.1) is 0 Å². The Kier molecular flexibility index (Phi) is 3.32. The maximum Gasteiger partial charge on any atom is 0.263 e. The van der Waals surface area contributed by atoms with E-state index in [1.165, 1.54) is 11.8 Å². The minimum atomic E-state index is -0.201. The predicted molar refractivity (Wildman–Crippen MR) is 94.4 cm³/mol. The van der Waals surface area contributed by atoms with E-state index in [4.69, 9.17) is 21.4 Å². The van der Waals surface area contributed by atoms with Crippen LogP contribution in [0.4, 0.5) is 0 Å². The lowest BCUT2D eigenvalue weighted by Gasteiger charge is -2.01. The zero-order valence-electron chi connectivity index (χ0n) is 12.0. The molecular weight excluding hydrogens is 332 g/mol. The van der Waals surface area contributed by atoms with Gasteiger partial charge in [0, 0.05) is 29.1 Å². The number of hydrogen-bond donors (Lipinski definition) is 1. The fraction of sp³-hybridized carbons (Fsp3) is 0.0625. The molecule has 7 heteroatoms. The van der Waals surface area contributed by atoms with Gasteiger partial charge in [-0.05, 0) is 18.2 Å². The number of amides is 1. The van der Waals surface area contributed by atoms with Gasteiger partial charge >= 0.3 is 0 Å². The number of ether oxygens (including phenoxy) is 1. The van der Waals surface area contributed by atoms with Crippen LogP contribution in [0.15, 0.2) is 39.8 Å². The van der Waals surface area contributed by atoms with Crippen LogP contribution in [-0.2, 0) is 4.79 Å². The molecule has 0 bridgehead atoms. The Morgan fingerprint density at radius 1 is 1.39 bits per heavy atom. The van der Waals surface area contributed by atoms with Crippen LogP contribution in [0.2, 0.25) is 0 Å². The molecule has 3 heterocycles. The topological polar surface area (TPSA) is 64.4 Å². The van der Waals surface area contributed by atoms with E-state index in [0.29, 0.717) is 15.0 Å². The first kappa shape index (κ1) is 14.2. The number of carbonyl (C=O) groups is 1. The quantitative estimate of drug-likeness (QED) is 0.568. The van der Waals surface area contributed by atoms with E-state index >= 15 is 0 Å². The molecule has 0 spiro atoms. The van der Waals surface area contributed by atoms with Gasteiger partial charge in [0.15, 0.2) is 0 Å². The minimum absolute atomic E-state index is 0.201. The third-order valence-electron chi connectivity index (χ3n) is 3.49. The van der Waals surface area contributed by atoms with Gasteiger partial charge in [-0.3, -0.25) is 9.78 Å².